The second-order valence-corrected chi connectivity index (χ2v) is 3.76. The van der Waals surface area contributed by atoms with Crippen LogP contribution in [0.4, 0.5) is 0 Å². The molecule has 1 atom stereocenters. The Morgan fingerprint density at radius 2 is 2.14 bits per heavy atom. The van der Waals surface area contributed by atoms with Gasteiger partial charge in [0.1, 0.15) is 0 Å². The SMILES string of the molecule is CC[C@@H](C)c1ccc2ncccc2c1. The molecule has 1 heteroatoms. The molecule has 0 aliphatic rings. The van der Waals surface area contributed by atoms with Gasteiger partial charge in [-0.15, -0.1) is 0 Å². The van der Waals surface area contributed by atoms with Crippen LogP contribution in [0.3, 0.4) is 0 Å². The van der Waals surface area contributed by atoms with Crippen molar-refractivity contribution in [3.63, 3.8) is 0 Å². The first-order chi connectivity index (χ1) is 6.81. The maximum Gasteiger partial charge on any atom is 0.0702 e. The zero-order valence-electron chi connectivity index (χ0n) is 8.70. The van der Waals surface area contributed by atoms with Crippen LogP contribution in [0.2, 0.25) is 0 Å². The Hall–Kier alpha value is -1.37. The molecule has 0 spiro atoms. The van der Waals surface area contributed by atoms with E-state index in [1.807, 2.05) is 12.3 Å². The lowest BCUT2D eigenvalue weighted by atomic mass is 9.97. The summed E-state index contributed by atoms with van der Waals surface area (Å²) in [6, 6.07) is 10.6. The molecule has 1 aromatic heterocycles. The van der Waals surface area contributed by atoms with Crippen molar-refractivity contribution >= 4 is 10.9 Å². The molecule has 0 N–H and O–H groups in total. The van der Waals surface area contributed by atoms with Crippen LogP contribution in [0.1, 0.15) is 31.7 Å². The van der Waals surface area contributed by atoms with E-state index in [4.69, 9.17) is 0 Å². The topological polar surface area (TPSA) is 12.9 Å². The first-order valence-corrected chi connectivity index (χ1v) is 5.16. The van der Waals surface area contributed by atoms with Gasteiger partial charge < -0.3 is 0 Å². The summed E-state index contributed by atoms with van der Waals surface area (Å²) < 4.78 is 0. The predicted molar refractivity (Wildman–Crippen MR) is 60.4 cm³/mol. The first kappa shape index (κ1) is 9.20. The van der Waals surface area contributed by atoms with Crippen molar-refractivity contribution in [3.8, 4) is 0 Å². The zero-order chi connectivity index (χ0) is 9.97. The van der Waals surface area contributed by atoms with Crippen LogP contribution in [0.15, 0.2) is 36.5 Å². The van der Waals surface area contributed by atoms with Gasteiger partial charge in [-0.05, 0) is 36.1 Å². The molecule has 1 nitrogen and oxygen atoms in total. The highest BCUT2D eigenvalue weighted by molar-refractivity contribution is 5.79. The molecule has 2 aromatic rings. The summed E-state index contributed by atoms with van der Waals surface area (Å²) in [5.74, 6) is 0.639. The van der Waals surface area contributed by atoms with Crippen LogP contribution >= 0.6 is 0 Å². The quantitative estimate of drug-likeness (QED) is 0.694. The lowest BCUT2D eigenvalue weighted by Gasteiger charge is -2.09. The molecule has 0 saturated heterocycles. The predicted octanol–water partition coefficient (Wildman–Crippen LogP) is 3.75. The van der Waals surface area contributed by atoms with Gasteiger partial charge in [-0.3, -0.25) is 4.98 Å². The minimum absolute atomic E-state index is 0.639. The molecule has 0 aliphatic carbocycles. The van der Waals surface area contributed by atoms with Crippen LogP contribution in [0.25, 0.3) is 10.9 Å². The minimum Gasteiger partial charge on any atom is -0.256 e. The number of aromatic nitrogens is 1. The van der Waals surface area contributed by atoms with E-state index in [1.165, 1.54) is 17.4 Å². The number of benzene rings is 1. The summed E-state index contributed by atoms with van der Waals surface area (Å²) in [6.07, 6.45) is 3.02. The summed E-state index contributed by atoms with van der Waals surface area (Å²) in [6.45, 7) is 4.48. The lowest BCUT2D eigenvalue weighted by Crippen LogP contribution is -1.91. The van der Waals surface area contributed by atoms with Crippen molar-refractivity contribution < 1.29 is 0 Å². The molecule has 0 radical (unpaired) electrons. The van der Waals surface area contributed by atoms with Crippen LogP contribution in [0, 0.1) is 0 Å². The summed E-state index contributed by atoms with van der Waals surface area (Å²) >= 11 is 0. The first-order valence-electron chi connectivity index (χ1n) is 5.16. The largest absolute Gasteiger partial charge is 0.256 e. The van der Waals surface area contributed by atoms with Gasteiger partial charge in [0, 0.05) is 11.6 Å². The van der Waals surface area contributed by atoms with Gasteiger partial charge in [-0.25, -0.2) is 0 Å². The van der Waals surface area contributed by atoms with Gasteiger partial charge in [0.25, 0.3) is 0 Å². The van der Waals surface area contributed by atoms with E-state index >= 15 is 0 Å². The van der Waals surface area contributed by atoms with E-state index in [-0.39, 0.29) is 0 Å². The number of rotatable bonds is 2. The van der Waals surface area contributed by atoms with Crippen molar-refractivity contribution in [2.45, 2.75) is 26.2 Å². The Balaban J connectivity index is 2.51. The zero-order valence-corrected chi connectivity index (χ0v) is 8.70. The summed E-state index contributed by atoms with van der Waals surface area (Å²) in [5.41, 5.74) is 2.49. The van der Waals surface area contributed by atoms with E-state index < -0.39 is 0 Å². The van der Waals surface area contributed by atoms with Gasteiger partial charge >= 0.3 is 0 Å². The summed E-state index contributed by atoms with van der Waals surface area (Å²) in [5, 5.41) is 1.24. The number of hydrogen-bond acceptors (Lipinski definition) is 1. The number of pyridine rings is 1. The standard InChI is InChI=1S/C13H15N/c1-3-10(2)11-6-7-13-12(9-11)5-4-8-14-13/h4-10H,3H2,1-2H3/t10-/m1/s1. The van der Waals surface area contributed by atoms with E-state index in [1.54, 1.807) is 0 Å². The molecule has 0 bridgehead atoms. The van der Waals surface area contributed by atoms with Crippen molar-refractivity contribution in [2.24, 2.45) is 0 Å². The van der Waals surface area contributed by atoms with Crippen LogP contribution in [-0.2, 0) is 0 Å². The Morgan fingerprint density at radius 3 is 2.93 bits per heavy atom. The molecule has 2 rings (SSSR count). The second-order valence-electron chi connectivity index (χ2n) is 3.76. The third kappa shape index (κ3) is 1.63. The highest BCUT2D eigenvalue weighted by Gasteiger charge is 2.03. The molecule has 0 fully saturated rings. The molecular weight excluding hydrogens is 170 g/mol. The molecule has 72 valence electrons. The molecule has 1 aromatic carbocycles. The van der Waals surface area contributed by atoms with E-state index in [0.717, 1.165) is 5.52 Å². The highest BCUT2D eigenvalue weighted by atomic mass is 14.6. The third-order valence-electron chi connectivity index (χ3n) is 2.81. The third-order valence-corrected chi connectivity index (χ3v) is 2.81. The Labute approximate surface area is 84.8 Å². The lowest BCUT2D eigenvalue weighted by molar-refractivity contribution is 0.734. The van der Waals surface area contributed by atoms with Gasteiger partial charge in [0.05, 0.1) is 5.52 Å². The number of hydrogen-bond donors (Lipinski definition) is 0. The van der Waals surface area contributed by atoms with Crippen LogP contribution in [-0.4, -0.2) is 4.98 Å². The molecule has 0 amide bonds. The van der Waals surface area contributed by atoms with E-state index in [0.29, 0.717) is 5.92 Å². The number of fused-ring (bicyclic) bond motifs is 1. The second kappa shape index (κ2) is 3.79. The van der Waals surface area contributed by atoms with Crippen molar-refractivity contribution in [2.75, 3.05) is 0 Å². The Morgan fingerprint density at radius 1 is 1.29 bits per heavy atom. The van der Waals surface area contributed by atoms with Crippen molar-refractivity contribution in [1.29, 1.82) is 0 Å². The monoisotopic (exact) mass is 185 g/mol. The van der Waals surface area contributed by atoms with Gasteiger partial charge in [0.15, 0.2) is 0 Å². The fraction of sp³-hybridized carbons (Fsp3) is 0.308. The maximum atomic E-state index is 4.31. The Kier molecular flexibility index (Phi) is 2.49. The fourth-order valence-corrected chi connectivity index (χ4v) is 1.64. The molecular formula is C13H15N. The smallest absolute Gasteiger partial charge is 0.0702 e. The van der Waals surface area contributed by atoms with Crippen LogP contribution in [0.5, 0.6) is 0 Å². The minimum atomic E-state index is 0.639. The van der Waals surface area contributed by atoms with Gasteiger partial charge in [0.2, 0.25) is 0 Å². The van der Waals surface area contributed by atoms with Crippen molar-refractivity contribution in [1.82, 2.24) is 4.98 Å². The molecule has 0 unspecified atom stereocenters. The van der Waals surface area contributed by atoms with E-state index in [9.17, 15) is 0 Å². The molecule has 1 heterocycles. The Bertz CT molecular complexity index is 434. The average Bonchev–Trinajstić information content (AvgIpc) is 2.27. The fourth-order valence-electron chi connectivity index (χ4n) is 1.64. The van der Waals surface area contributed by atoms with Crippen LogP contribution < -0.4 is 0 Å². The summed E-state index contributed by atoms with van der Waals surface area (Å²) in [7, 11) is 0. The summed E-state index contributed by atoms with van der Waals surface area (Å²) in [4.78, 5) is 4.31. The molecule has 0 saturated carbocycles. The molecule has 0 aliphatic heterocycles. The van der Waals surface area contributed by atoms with Crippen molar-refractivity contribution in [3.05, 3.63) is 42.1 Å². The van der Waals surface area contributed by atoms with Gasteiger partial charge in [-0.2, -0.15) is 0 Å². The van der Waals surface area contributed by atoms with E-state index in [2.05, 4.69) is 43.1 Å². The average molecular weight is 185 g/mol. The maximum absolute atomic E-state index is 4.31. The molecule has 14 heavy (non-hydrogen) atoms. The number of nitrogens with zero attached hydrogens (tertiary/aromatic N) is 1. The normalized spacial score (nSPS) is 13.0. The highest BCUT2D eigenvalue weighted by Crippen LogP contribution is 2.22. The van der Waals surface area contributed by atoms with Gasteiger partial charge in [-0.1, -0.05) is 26.0 Å².